The number of aliphatic hydroxyl groups is 1. The number of rotatable bonds is 4. The third kappa shape index (κ3) is 3.77. The molecule has 1 aromatic heterocycles. The van der Waals surface area contributed by atoms with Gasteiger partial charge in [-0.3, -0.25) is 9.88 Å². The number of hydrogen-bond donors (Lipinski definition) is 1. The number of ether oxygens (including phenoxy) is 1. The van der Waals surface area contributed by atoms with Crippen molar-refractivity contribution in [2.24, 2.45) is 0 Å². The maximum absolute atomic E-state index is 9.27. The summed E-state index contributed by atoms with van der Waals surface area (Å²) in [7, 11) is 0. The van der Waals surface area contributed by atoms with Crippen LogP contribution in [-0.2, 0) is 11.2 Å². The molecule has 0 amide bonds. The molecule has 100 valence electrons. The molecule has 1 saturated heterocycles. The Kier molecular flexibility index (Phi) is 4.32. The molecule has 1 aromatic rings. The van der Waals surface area contributed by atoms with Crippen LogP contribution in [0.3, 0.4) is 0 Å². The van der Waals surface area contributed by atoms with Crippen molar-refractivity contribution in [3.8, 4) is 0 Å². The number of aliphatic hydroxyl groups excluding tert-OH is 1. The highest BCUT2D eigenvalue weighted by atomic mass is 16.5. The molecule has 2 rings (SSSR count). The Morgan fingerprint density at radius 3 is 2.83 bits per heavy atom. The maximum atomic E-state index is 9.27. The molecule has 0 radical (unpaired) electrons. The van der Waals surface area contributed by atoms with Crippen molar-refractivity contribution in [2.75, 3.05) is 26.2 Å². The van der Waals surface area contributed by atoms with E-state index >= 15 is 0 Å². The molecule has 0 aliphatic carbocycles. The summed E-state index contributed by atoms with van der Waals surface area (Å²) < 4.78 is 5.80. The first-order chi connectivity index (χ1) is 8.59. The summed E-state index contributed by atoms with van der Waals surface area (Å²) in [6.45, 7) is 6.96. The second-order valence-electron chi connectivity index (χ2n) is 5.52. The summed E-state index contributed by atoms with van der Waals surface area (Å²) in [5.41, 5.74) is 1.12. The van der Waals surface area contributed by atoms with Gasteiger partial charge >= 0.3 is 0 Å². The Morgan fingerprint density at radius 1 is 1.44 bits per heavy atom. The van der Waals surface area contributed by atoms with Crippen LogP contribution in [0.1, 0.15) is 19.4 Å². The molecule has 1 fully saturated rings. The molecule has 4 heteroatoms. The smallest absolute Gasteiger partial charge is 0.0940 e. The van der Waals surface area contributed by atoms with Crippen LogP contribution in [0.5, 0.6) is 0 Å². The van der Waals surface area contributed by atoms with E-state index in [1.165, 1.54) is 5.56 Å². The van der Waals surface area contributed by atoms with Crippen LogP contribution in [0.15, 0.2) is 24.5 Å². The van der Waals surface area contributed by atoms with Crippen LogP contribution >= 0.6 is 0 Å². The number of morpholine rings is 1. The quantitative estimate of drug-likeness (QED) is 0.869. The van der Waals surface area contributed by atoms with E-state index in [0.29, 0.717) is 0 Å². The third-order valence-corrected chi connectivity index (χ3v) is 3.22. The largest absolute Gasteiger partial charge is 0.394 e. The lowest BCUT2D eigenvalue weighted by molar-refractivity contribution is -0.148. The molecule has 4 nitrogen and oxygen atoms in total. The number of aromatic nitrogens is 1. The van der Waals surface area contributed by atoms with Crippen molar-refractivity contribution in [3.05, 3.63) is 30.1 Å². The molecule has 18 heavy (non-hydrogen) atoms. The molecule has 0 bridgehead atoms. The normalized spacial score (nSPS) is 24.1. The van der Waals surface area contributed by atoms with Gasteiger partial charge in [-0.25, -0.2) is 0 Å². The Hall–Kier alpha value is -0.970. The van der Waals surface area contributed by atoms with Crippen LogP contribution < -0.4 is 0 Å². The first-order valence-corrected chi connectivity index (χ1v) is 6.49. The fourth-order valence-corrected chi connectivity index (χ4v) is 2.52. The highest BCUT2D eigenvalue weighted by Crippen LogP contribution is 2.20. The van der Waals surface area contributed by atoms with Gasteiger partial charge < -0.3 is 9.84 Å². The highest BCUT2D eigenvalue weighted by Gasteiger charge is 2.32. The van der Waals surface area contributed by atoms with E-state index in [9.17, 15) is 5.11 Å². The van der Waals surface area contributed by atoms with Crippen LogP contribution in [0, 0.1) is 0 Å². The van der Waals surface area contributed by atoms with Crippen molar-refractivity contribution in [2.45, 2.75) is 32.0 Å². The minimum absolute atomic E-state index is 0.0637. The Balaban J connectivity index is 1.89. The molecule has 1 N–H and O–H groups in total. The van der Waals surface area contributed by atoms with Gasteiger partial charge in [0.05, 0.1) is 18.3 Å². The lowest BCUT2D eigenvalue weighted by Crippen LogP contribution is -2.54. The minimum atomic E-state index is -0.177. The van der Waals surface area contributed by atoms with E-state index in [-0.39, 0.29) is 18.3 Å². The lowest BCUT2D eigenvalue weighted by Gasteiger charge is -2.42. The number of pyridine rings is 1. The van der Waals surface area contributed by atoms with Crippen molar-refractivity contribution < 1.29 is 9.84 Å². The van der Waals surface area contributed by atoms with Crippen LogP contribution in [-0.4, -0.2) is 52.9 Å². The average Bonchev–Trinajstić information content (AvgIpc) is 2.36. The van der Waals surface area contributed by atoms with Gasteiger partial charge in [-0.1, -0.05) is 0 Å². The standard InChI is InChI=1S/C14H22N2O2/c1-14(2)11-16(9-13(10-17)18-14)8-5-12-3-6-15-7-4-12/h3-4,6-7,13,17H,5,8-11H2,1-2H3. The van der Waals surface area contributed by atoms with E-state index in [4.69, 9.17) is 4.74 Å². The SMILES string of the molecule is CC1(C)CN(CCc2ccncc2)CC(CO)O1. The summed E-state index contributed by atoms with van der Waals surface area (Å²) in [5.74, 6) is 0. The first kappa shape index (κ1) is 13.5. The average molecular weight is 250 g/mol. The Bertz CT molecular complexity index is 367. The summed E-state index contributed by atoms with van der Waals surface area (Å²) in [6, 6.07) is 4.10. The van der Waals surface area contributed by atoms with Crippen molar-refractivity contribution in [1.82, 2.24) is 9.88 Å². The number of nitrogens with zero attached hydrogens (tertiary/aromatic N) is 2. The Labute approximate surface area is 109 Å². The zero-order valence-electron chi connectivity index (χ0n) is 11.2. The van der Waals surface area contributed by atoms with Crippen molar-refractivity contribution in [1.29, 1.82) is 0 Å². The lowest BCUT2D eigenvalue weighted by atomic mass is 10.0. The molecule has 1 aliphatic heterocycles. The summed E-state index contributed by atoms with van der Waals surface area (Å²) in [4.78, 5) is 6.39. The fourth-order valence-electron chi connectivity index (χ4n) is 2.52. The molecule has 1 unspecified atom stereocenters. The van der Waals surface area contributed by atoms with E-state index in [1.807, 2.05) is 12.4 Å². The molecular formula is C14H22N2O2. The molecule has 0 spiro atoms. The van der Waals surface area contributed by atoms with Gasteiger partial charge in [0, 0.05) is 32.0 Å². The van der Waals surface area contributed by atoms with Gasteiger partial charge in [0.2, 0.25) is 0 Å². The summed E-state index contributed by atoms with van der Waals surface area (Å²) in [5, 5.41) is 9.27. The molecule has 1 atom stereocenters. The topological polar surface area (TPSA) is 45.6 Å². The number of hydrogen-bond acceptors (Lipinski definition) is 4. The van der Waals surface area contributed by atoms with Crippen LogP contribution in [0.25, 0.3) is 0 Å². The third-order valence-electron chi connectivity index (χ3n) is 3.22. The van der Waals surface area contributed by atoms with E-state index < -0.39 is 0 Å². The van der Waals surface area contributed by atoms with Gasteiger partial charge in [-0.05, 0) is 38.0 Å². The van der Waals surface area contributed by atoms with Crippen LogP contribution in [0.4, 0.5) is 0 Å². The van der Waals surface area contributed by atoms with Crippen molar-refractivity contribution >= 4 is 0 Å². The Morgan fingerprint density at radius 2 is 2.17 bits per heavy atom. The molecular weight excluding hydrogens is 228 g/mol. The summed E-state index contributed by atoms with van der Waals surface area (Å²) in [6.07, 6.45) is 4.60. The highest BCUT2D eigenvalue weighted by molar-refractivity contribution is 5.10. The second-order valence-corrected chi connectivity index (χ2v) is 5.52. The molecule has 2 heterocycles. The predicted octanol–water partition coefficient (Wildman–Crippen LogP) is 1.10. The van der Waals surface area contributed by atoms with Gasteiger partial charge in [-0.2, -0.15) is 0 Å². The fraction of sp³-hybridized carbons (Fsp3) is 0.643. The predicted molar refractivity (Wildman–Crippen MR) is 70.4 cm³/mol. The molecule has 0 aromatic carbocycles. The van der Waals surface area contributed by atoms with E-state index in [1.54, 1.807) is 0 Å². The maximum Gasteiger partial charge on any atom is 0.0940 e. The zero-order valence-corrected chi connectivity index (χ0v) is 11.2. The second kappa shape index (κ2) is 5.78. The van der Waals surface area contributed by atoms with Gasteiger partial charge in [0.1, 0.15) is 0 Å². The molecule has 0 saturated carbocycles. The minimum Gasteiger partial charge on any atom is -0.394 e. The van der Waals surface area contributed by atoms with E-state index in [0.717, 1.165) is 26.1 Å². The first-order valence-electron chi connectivity index (χ1n) is 6.49. The zero-order chi connectivity index (χ0) is 13.0. The summed E-state index contributed by atoms with van der Waals surface area (Å²) >= 11 is 0. The molecule has 1 aliphatic rings. The van der Waals surface area contributed by atoms with Crippen molar-refractivity contribution in [3.63, 3.8) is 0 Å². The monoisotopic (exact) mass is 250 g/mol. The van der Waals surface area contributed by atoms with E-state index in [2.05, 4.69) is 35.9 Å². The van der Waals surface area contributed by atoms with Gasteiger partial charge in [0.15, 0.2) is 0 Å². The van der Waals surface area contributed by atoms with Gasteiger partial charge in [-0.15, -0.1) is 0 Å². The van der Waals surface area contributed by atoms with Gasteiger partial charge in [0.25, 0.3) is 0 Å². The van der Waals surface area contributed by atoms with Crippen LogP contribution in [0.2, 0.25) is 0 Å².